The number of hydrogen-bond donors (Lipinski definition) is 0. The lowest BCUT2D eigenvalue weighted by Gasteiger charge is -2.24. The largest absolute Gasteiger partial charge is 0.482 e. The van der Waals surface area contributed by atoms with Gasteiger partial charge in [-0.05, 0) is 62.6 Å². The average Bonchev–Trinajstić information content (AvgIpc) is 3.31. The average molecular weight is 418 g/mol. The zero-order valence-corrected chi connectivity index (χ0v) is 17.8. The van der Waals surface area contributed by atoms with Crippen LogP contribution in [-0.2, 0) is 28.6 Å². The molecule has 1 aliphatic heterocycles. The first-order chi connectivity index (χ1) is 14.3. The van der Waals surface area contributed by atoms with Crippen LogP contribution >= 0.6 is 0 Å². The number of ether oxygens (including phenoxy) is 4. The first kappa shape index (κ1) is 22.1. The summed E-state index contributed by atoms with van der Waals surface area (Å²) in [4.78, 5) is 36.5. The maximum absolute atomic E-state index is 12.4. The molecule has 1 saturated heterocycles. The minimum atomic E-state index is -1.10. The van der Waals surface area contributed by atoms with Crippen LogP contribution in [0.2, 0.25) is 0 Å². The molecule has 1 saturated carbocycles. The van der Waals surface area contributed by atoms with E-state index in [1.165, 1.54) is 5.56 Å². The molecule has 0 amide bonds. The summed E-state index contributed by atoms with van der Waals surface area (Å²) in [5, 5.41) is 0. The normalized spacial score (nSPS) is 23.5. The molecule has 164 valence electrons. The third kappa shape index (κ3) is 5.52. The Hall–Kier alpha value is -2.57. The number of esters is 3. The first-order valence-electron chi connectivity index (χ1n) is 10.7. The Kier molecular flexibility index (Phi) is 7.00. The molecule has 3 rings (SSSR count). The molecule has 1 heterocycles. The van der Waals surface area contributed by atoms with Gasteiger partial charge in [0.2, 0.25) is 6.29 Å². The van der Waals surface area contributed by atoms with Crippen LogP contribution in [0.15, 0.2) is 24.3 Å². The molecule has 0 spiro atoms. The molecule has 0 radical (unpaired) electrons. The van der Waals surface area contributed by atoms with Crippen LogP contribution in [-0.4, -0.2) is 36.4 Å². The molecule has 3 unspecified atom stereocenters. The van der Waals surface area contributed by atoms with Gasteiger partial charge in [-0.15, -0.1) is 0 Å². The monoisotopic (exact) mass is 418 g/mol. The maximum atomic E-state index is 12.4. The van der Waals surface area contributed by atoms with E-state index in [1.54, 1.807) is 12.1 Å². The predicted molar refractivity (Wildman–Crippen MR) is 108 cm³/mol. The van der Waals surface area contributed by atoms with Gasteiger partial charge in [-0.1, -0.05) is 26.0 Å². The topological polar surface area (TPSA) is 88.1 Å². The minimum Gasteiger partial charge on any atom is -0.482 e. The molecule has 7 heteroatoms. The number of benzene rings is 1. The van der Waals surface area contributed by atoms with E-state index in [2.05, 4.69) is 13.8 Å². The molecular formula is C23H30O7. The third-order valence-electron chi connectivity index (χ3n) is 5.93. The van der Waals surface area contributed by atoms with Crippen LogP contribution < -0.4 is 4.74 Å². The number of cyclic esters (lactones) is 1. The Morgan fingerprint density at radius 3 is 2.50 bits per heavy atom. The zero-order valence-electron chi connectivity index (χ0n) is 17.8. The summed E-state index contributed by atoms with van der Waals surface area (Å²) in [6, 6.07) is 7.54. The Bertz CT molecular complexity index is 764. The predicted octanol–water partition coefficient (Wildman–Crippen LogP) is 3.89. The van der Waals surface area contributed by atoms with E-state index >= 15 is 0 Å². The van der Waals surface area contributed by atoms with Crippen molar-refractivity contribution in [3.8, 4) is 5.75 Å². The highest BCUT2D eigenvalue weighted by Gasteiger charge is 2.45. The van der Waals surface area contributed by atoms with Gasteiger partial charge in [-0.2, -0.15) is 0 Å². The van der Waals surface area contributed by atoms with Gasteiger partial charge in [0.25, 0.3) is 0 Å². The third-order valence-corrected chi connectivity index (χ3v) is 5.93. The molecule has 2 aliphatic rings. The highest BCUT2D eigenvalue weighted by molar-refractivity contribution is 5.96. The lowest BCUT2D eigenvalue weighted by Crippen LogP contribution is -2.33. The summed E-state index contributed by atoms with van der Waals surface area (Å²) in [6.07, 6.45) is 3.47. The summed E-state index contributed by atoms with van der Waals surface area (Å²) in [6.45, 7) is 5.83. The van der Waals surface area contributed by atoms with Crippen molar-refractivity contribution >= 4 is 17.9 Å². The molecule has 7 nitrogen and oxygen atoms in total. The summed E-state index contributed by atoms with van der Waals surface area (Å²) >= 11 is 0. The molecule has 1 aromatic carbocycles. The number of carbonyl (C=O) groups excluding carboxylic acids is 3. The van der Waals surface area contributed by atoms with Gasteiger partial charge in [-0.25, -0.2) is 4.79 Å². The van der Waals surface area contributed by atoms with Crippen molar-refractivity contribution in [3.63, 3.8) is 0 Å². The fourth-order valence-electron chi connectivity index (χ4n) is 3.80. The van der Waals surface area contributed by atoms with E-state index in [0.717, 1.165) is 32.1 Å². The molecule has 0 bridgehead atoms. The van der Waals surface area contributed by atoms with Crippen molar-refractivity contribution < 1.29 is 33.3 Å². The van der Waals surface area contributed by atoms with Gasteiger partial charge in [0.15, 0.2) is 12.5 Å². The van der Waals surface area contributed by atoms with Crippen LogP contribution in [0.1, 0.15) is 70.8 Å². The summed E-state index contributed by atoms with van der Waals surface area (Å²) in [5.74, 6) is -2.06. The van der Waals surface area contributed by atoms with Gasteiger partial charge < -0.3 is 18.9 Å². The van der Waals surface area contributed by atoms with Gasteiger partial charge >= 0.3 is 17.9 Å². The molecule has 1 aliphatic carbocycles. The number of hydrogen-bond acceptors (Lipinski definition) is 7. The smallest absolute Gasteiger partial charge is 0.347 e. The van der Waals surface area contributed by atoms with E-state index in [0.29, 0.717) is 11.7 Å². The van der Waals surface area contributed by atoms with E-state index in [4.69, 9.17) is 18.9 Å². The standard InChI is InChI=1S/C23H30O7/c1-4-15(2)16-7-9-17(10-8-16)27-14-19(24)28-20-13-18(21(25)29-20)22(26)30-23(3)11-5-6-12-23/h7-10,15,18,20H,4-6,11-14H2,1-3H3. The Balaban J connectivity index is 1.44. The lowest BCUT2D eigenvalue weighted by atomic mass is 9.99. The van der Waals surface area contributed by atoms with Crippen LogP contribution in [0.25, 0.3) is 0 Å². The van der Waals surface area contributed by atoms with Crippen molar-refractivity contribution in [1.82, 2.24) is 0 Å². The Morgan fingerprint density at radius 1 is 1.20 bits per heavy atom. The van der Waals surface area contributed by atoms with Crippen LogP contribution in [0.3, 0.4) is 0 Å². The molecule has 1 aromatic rings. The van der Waals surface area contributed by atoms with E-state index < -0.39 is 35.7 Å². The van der Waals surface area contributed by atoms with Crippen LogP contribution in [0.4, 0.5) is 0 Å². The summed E-state index contributed by atoms with van der Waals surface area (Å²) < 4.78 is 21.2. The van der Waals surface area contributed by atoms with Crippen molar-refractivity contribution in [2.45, 2.75) is 77.1 Å². The second-order valence-electron chi connectivity index (χ2n) is 8.39. The van der Waals surface area contributed by atoms with Gasteiger partial charge in [0.1, 0.15) is 11.4 Å². The fraction of sp³-hybridized carbons (Fsp3) is 0.609. The van der Waals surface area contributed by atoms with Crippen LogP contribution in [0.5, 0.6) is 5.75 Å². The van der Waals surface area contributed by atoms with Gasteiger partial charge in [0, 0.05) is 6.42 Å². The quantitative estimate of drug-likeness (QED) is 0.467. The second kappa shape index (κ2) is 9.49. The van der Waals surface area contributed by atoms with E-state index in [-0.39, 0.29) is 13.0 Å². The maximum Gasteiger partial charge on any atom is 0.347 e. The zero-order chi connectivity index (χ0) is 21.7. The lowest BCUT2D eigenvalue weighted by molar-refractivity contribution is -0.178. The molecule has 0 aromatic heterocycles. The SMILES string of the molecule is CCC(C)c1ccc(OCC(=O)OC2CC(C(=O)OC3(C)CCCC3)C(=O)O2)cc1. The van der Waals surface area contributed by atoms with Gasteiger partial charge in [-0.3, -0.25) is 9.59 Å². The van der Waals surface area contributed by atoms with Crippen molar-refractivity contribution in [2.75, 3.05) is 6.61 Å². The number of rotatable bonds is 8. The van der Waals surface area contributed by atoms with Gasteiger partial charge in [0.05, 0.1) is 0 Å². The summed E-state index contributed by atoms with van der Waals surface area (Å²) in [7, 11) is 0. The van der Waals surface area contributed by atoms with Crippen molar-refractivity contribution in [2.24, 2.45) is 5.92 Å². The van der Waals surface area contributed by atoms with E-state index in [1.807, 2.05) is 19.1 Å². The molecule has 0 N–H and O–H groups in total. The van der Waals surface area contributed by atoms with E-state index in [9.17, 15) is 14.4 Å². The highest BCUT2D eigenvalue weighted by atomic mass is 16.7. The summed E-state index contributed by atoms with van der Waals surface area (Å²) in [5.41, 5.74) is 0.680. The van der Waals surface area contributed by atoms with Crippen LogP contribution in [0, 0.1) is 5.92 Å². The molecule has 3 atom stereocenters. The highest BCUT2D eigenvalue weighted by Crippen LogP contribution is 2.34. The number of carbonyl (C=O) groups is 3. The Morgan fingerprint density at radius 2 is 1.87 bits per heavy atom. The molecule has 2 fully saturated rings. The minimum absolute atomic E-state index is 0.0386. The van der Waals surface area contributed by atoms with Crippen molar-refractivity contribution in [3.05, 3.63) is 29.8 Å². The Labute approximate surface area is 177 Å². The second-order valence-corrected chi connectivity index (χ2v) is 8.39. The molecular weight excluding hydrogens is 388 g/mol. The van der Waals surface area contributed by atoms with Crippen molar-refractivity contribution in [1.29, 1.82) is 0 Å². The molecule has 30 heavy (non-hydrogen) atoms. The first-order valence-corrected chi connectivity index (χ1v) is 10.7. The fourth-order valence-corrected chi connectivity index (χ4v) is 3.80.